The van der Waals surface area contributed by atoms with Crippen LogP contribution in [0.2, 0.25) is 0 Å². The second kappa shape index (κ2) is 5.35. The average molecular weight is 218 g/mol. The van der Waals surface area contributed by atoms with Crippen LogP contribution >= 0.6 is 0 Å². The van der Waals surface area contributed by atoms with Crippen molar-refractivity contribution in [2.24, 2.45) is 0 Å². The van der Waals surface area contributed by atoms with Crippen molar-refractivity contribution >= 4 is 5.69 Å². The molecule has 2 rings (SSSR count). The summed E-state index contributed by atoms with van der Waals surface area (Å²) >= 11 is 0. The first-order valence-corrected chi connectivity index (χ1v) is 6.30. The average Bonchev–Trinajstić information content (AvgIpc) is 2.65. The van der Waals surface area contributed by atoms with Gasteiger partial charge in [-0.25, -0.2) is 0 Å². The molecule has 0 aliphatic carbocycles. The first-order valence-electron chi connectivity index (χ1n) is 6.30. The summed E-state index contributed by atoms with van der Waals surface area (Å²) in [5.41, 5.74) is 2.56. The number of nitrogens with one attached hydrogen (secondary N) is 1. The maximum absolute atomic E-state index is 3.49. The molecule has 1 aliphatic rings. The molecule has 1 atom stereocenters. The topological polar surface area (TPSA) is 15.3 Å². The molecule has 0 radical (unpaired) electrons. The Balaban J connectivity index is 1.75. The lowest BCUT2D eigenvalue weighted by atomic mass is 10.2. The lowest BCUT2D eigenvalue weighted by Gasteiger charge is -2.21. The van der Waals surface area contributed by atoms with E-state index in [1.54, 1.807) is 0 Å². The molecular weight excluding hydrogens is 196 g/mol. The Bertz CT molecular complexity index is 335. The van der Waals surface area contributed by atoms with Crippen LogP contribution in [-0.2, 0) is 0 Å². The molecule has 16 heavy (non-hydrogen) atoms. The molecule has 2 heteroatoms. The predicted molar refractivity (Wildman–Crippen MR) is 69.9 cm³/mol. The maximum atomic E-state index is 3.49. The quantitative estimate of drug-likeness (QED) is 0.836. The standard InChI is InChI=1S/C14H22N2/c1-12-5-3-7-14(11-12)15-8-10-16-9-4-6-13(16)2/h3,5,7,11,13,15H,4,6,8-10H2,1-2H3. The van der Waals surface area contributed by atoms with E-state index in [1.807, 2.05) is 0 Å². The van der Waals surface area contributed by atoms with Gasteiger partial charge in [-0.05, 0) is 50.9 Å². The minimum atomic E-state index is 0.777. The normalized spacial score (nSPS) is 21.2. The Morgan fingerprint density at radius 3 is 3.00 bits per heavy atom. The third kappa shape index (κ3) is 2.99. The van der Waals surface area contributed by atoms with Gasteiger partial charge in [-0.15, -0.1) is 0 Å². The van der Waals surface area contributed by atoms with Crippen molar-refractivity contribution < 1.29 is 0 Å². The van der Waals surface area contributed by atoms with Gasteiger partial charge in [0, 0.05) is 24.8 Å². The molecular formula is C14H22N2. The summed E-state index contributed by atoms with van der Waals surface area (Å²) in [6, 6.07) is 9.36. The van der Waals surface area contributed by atoms with E-state index < -0.39 is 0 Å². The SMILES string of the molecule is Cc1cccc(NCCN2CCCC2C)c1. The highest BCUT2D eigenvalue weighted by Gasteiger charge is 2.18. The van der Waals surface area contributed by atoms with E-state index in [0.29, 0.717) is 0 Å². The number of rotatable bonds is 4. The zero-order valence-electron chi connectivity index (χ0n) is 10.4. The molecule has 1 aromatic carbocycles. The first-order chi connectivity index (χ1) is 7.75. The van der Waals surface area contributed by atoms with E-state index in [1.165, 1.54) is 30.6 Å². The Kier molecular flexibility index (Phi) is 3.83. The molecule has 0 bridgehead atoms. The summed E-state index contributed by atoms with van der Waals surface area (Å²) < 4.78 is 0. The van der Waals surface area contributed by atoms with Gasteiger partial charge in [0.25, 0.3) is 0 Å². The van der Waals surface area contributed by atoms with Crippen LogP contribution in [0.5, 0.6) is 0 Å². The van der Waals surface area contributed by atoms with Gasteiger partial charge < -0.3 is 5.32 Å². The van der Waals surface area contributed by atoms with Gasteiger partial charge in [0.05, 0.1) is 0 Å². The van der Waals surface area contributed by atoms with E-state index in [0.717, 1.165) is 19.1 Å². The molecule has 1 saturated heterocycles. The van der Waals surface area contributed by atoms with E-state index in [2.05, 4.69) is 48.3 Å². The van der Waals surface area contributed by atoms with E-state index >= 15 is 0 Å². The third-order valence-corrected chi connectivity index (χ3v) is 3.44. The molecule has 0 saturated carbocycles. The van der Waals surface area contributed by atoms with E-state index in [-0.39, 0.29) is 0 Å². The van der Waals surface area contributed by atoms with Gasteiger partial charge in [0.2, 0.25) is 0 Å². The minimum absolute atomic E-state index is 0.777. The molecule has 2 nitrogen and oxygen atoms in total. The van der Waals surface area contributed by atoms with E-state index in [4.69, 9.17) is 0 Å². The highest BCUT2D eigenvalue weighted by molar-refractivity contribution is 5.45. The third-order valence-electron chi connectivity index (χ3n) is 3.44. The van der Waals surface area contributed by atoms with Crippen LogP contribution in [0.15, 0.2) is 24.3 Å². The zero-order chi connectivity index (χ0) is 11.4. The number of nitrogens with zero attached hydrogens (tertiary/aromatic N) is 1. The van der Waals surface area contributed by atoms with E-state index in [9.17, 15) is 0 Å². The van der Waals surface area contributed by atoms with Crippen molar-refractivity contribution in [1.82, 2.24) is 4.90 Å². The Labute approximate surface area is 98.7 Å². The van der Waals surface area contributed by atoms with Gasteiger partial charge in [0.1, 0.15) is 0 Å². The number of hydrogen-bond donors (Lipinski definition) is 1. The summed E-state index contributed by atoms with van der Waals surface area (Å²) in [6.45, 7) is 7.95. The van der Waals surface area contributed by atoms with Crippen molar-refractivity contribution in [2.75, 3.05) is 25.0 Å². The molecule has 1 heterocycles. The minimum Gasteiger partial charge on any atom is -0.384 e. The van der Waals surface area contributed by atoms with Crippen molar-refractivity contribution in [3.8, 4) is 0 Å². The molecule has 0 spiro atoms. The van der Waals surface area contributed by atoms with Crippen molar-refractivity contribution in [2.45, 2.75) is 32.7 Å². The number of benzene rings is 1. The highest BCUT2D eigenvalue weighted by atomic mass is 15.2. The predicted octanol–water partition coefficient (Wildman–Crippen LogP) is 2.89. The zero-order valence-corrected chi connectivity index (χ0v) is 10.4. The largest absolute Gasteiger partial charge is 0.384 e. The maximum Gasteiger partial charge on any atom is 0.0343 e. The lowest BCUT2D eigenvalue weighted by molar-refractivity contribution is 0.279. The van der Waals surface area contributed by atoms with Gasteiger partial charge in [-0.2, -0.15) is 0 Å². The smallest absolute Gasteiger partial charge is 0.0343 e. The summed E-state index contributed by atoms with van der Waals surface area (Å²) in [4.78, 5) is 2.57. The fourth-order valence-electron chi connectivity index (χ4n) is 2.42. The highest BCUT2D eigenvalue weighted by Crippen LogP contribution is 2.15. The molecule has 88 valence electrons. The second-order valence-corrected chi connectivity index (χ2v) is 4.82. The van der Waals surface area contributed by atoms with Gasteiger partial charge in [-0.3, -0.25) is 4.90 Å². The first kappa shape index (κ1) is 11.5. The van der Waals surface area contributed by atoms with Crippen LogP contribution in [0.3, 0.4) is 0 Å². The monoisotopic (exact) mass is 218 g/mol. The number of likely N-dealkylation sites (tertiary alicyclic amines) is 1. The fourth-order valence-corrected chi connectivity index (χ4v) is 2.42. The molecule has 1 fully saturated rings. The summed E-state index contributed by atoms with van der Waals surface area (Å²) in [5, 5.41) is 3.49. The second-order valence-electron chi connectivity index (χ2n) is 4.82. The van der Waals surface area contributed by atoms with Crippen LogP contribution in [0.1, 0.15) is 25.3 Å². The number of anilines is 1. The Morgan fingerprint density at radius 1 is 1.44 bits per heavy atom. The number of hydrogen-bond acceptors (Lipinski definition) is 2. The molecule has 0 aromatic heterocycles. The number of aryl methyl sites for hydroxylation is 1. The molecule has 0 amide bonds. The summed E-state index contributed by atoms with van der Waals surface area (Å²) in [6.07, 6.45) is 2.73. The van der Waals surface area contributed by atoms with Crippen molar-refractivity contribution in [1.29, 1.82) is 0 Å². The van der Waals surface area contributed by atoms with Crippen molar-refractivity contribution in [3.05, 3.63) is 29.8 Å². The Morgan fingerprint density at radius 2 is 2.31 bits per heavy atom. The molecule has 1 aromatic rings. The lowest BCUT2D eigenvalue weighted by Crippen LogP contribution is -2.31. The summed E-state index contributed by atoms with van der Waals surface area (Å²) in [7, 11) is 0. The van der Waals surface area contributed by atoms with Crippen LogP contribution in [0.4, 0.5) is 5.69 Å². The van der Waals surface area contributed by atoms with Crippen LogP contribution in [-0.4, -0.2) is 30.6 Å². The van der Waals surface area contributed by atoms with Crippen LogP contribution in [0.25, 0.3) is 0 Å². The van der Waals surface area contributed by atoms with Gasteiger partial charge >= 0.3 is 0 Å². The van der Waals surface area contributed by atoms with Crippen LogP contribution in [0, 0.1) is 6.92 Å². The fraction of sp³-hybridized carbons (Fsp3) is 0.571. The molecule has 1 aliphatic heterocycles. The van der Waals surface area contributed by atoms with Crippen molar-refractivity contribution in [3.63, 3.8) is 0 Å². The summed E-state index contributed by atoms with van der Waals surface area (Å²) in [5.74, 6) is 0. The van der Waals surface area contributed by atoms with Gasteiger partial charge in [0.15, 0.2) is 0 Å². The molecule has 1 N–H and O–H groups in total. The van der Waals surface area contributed by atoms with Gasteiger partial charge in [-0.1, -0.05) is 12.1 Å². The van der Waals surface area contributed by atoms with Crippen LogP contribution < -0.4 is 5.32 Å². The Hall–Kier alpha value is -1.02. The molecule has 1 unspecified atom stereocenters.